The standard InChI is InChI=1S/C14H18N2O4/c1-4-5-15-13(17)9-16-14(18)10-6-11(19-2)8-12(7-10)20-3/h4,6-8H,1,5,9H2,2-3H3,(H,15,17)(H,16,18). The van der Waals surface area contributed by atoms with Crippen molar-refractivity contribution >= 4 is 11.8 Å². The highest BCUT2D eigenvalue weighted by molar-refractivity contribution is 5.97. The number of rotatable bonds is 7. The Bertz CT molecular complexity index is 478. The maximum absolute atomic E-state index is 11.9. The summed E-state index contributed by atoms with van der Waals surface area (Å²) in [5.74, 6) is 0.347. The van der Waals surface area contributed by atoms with Gasteiger partial charge in [0.05, 0.1) is 20.8 Å². The van der Waals surface area contributed by atoms with Crippen LogP contribution in [0.25, 0.3) is 0 Å². The molecule has 0 atom stereocenters. The van der Waals surface area contributed by atoms with Crippen LogP contribution in [-0.4, -0.2) is 39.1 Å². The van der Waals surface area contributed by atoms with E-state index in [1.165, 1.54) is 14.2 Å². The highest BCUT2D eigenvalue weighted by Gasteiger charge is 2.10. The lowest BCUT2D eigenvalue weighted by atomic mass is 10.2. The lowest BCUT2D eigenvalue weighted by Crippen LogP contribution is -2.36. The number of benzene rings is 1. The Morgan fingerprint density at radius 2 is 1.75 bits per heavy atom. The van der Waals surface area contributed by atoms with Crippen molar-refractivity contribution in [2.75, 3.05) is 27.3 Å². The molecule has 2 amide bonds. The van der Waals surface area contributed by atoms with E-state index in [4.69, 9.17) is 9.47 Å². The Labute approximate surface area is 117 Å². The molecule has 1 rings (SSSR count). The van der Waals surface area contributed by atoms with Gasteiger partial charge in [-0.3, -0.25) is 9.59 Å². The SMILES string of the molecule is C=CCNC(=O)CNC(=O)c1cc(OC)cc(OC)c1. The van der Waals surface area contributed by atoms with Crippen molar-refractivity contribution in [3.05, 3.63) is 36.4 Å². The molecular weight excluding hydrogens is 260 g/mol. The number of ether oxygens (including phenoxy) is 2. The smallest absolute Gasteiger partial charge is 0.251 e. The molecular formula is C14H18N2O4. The zero-order valence-electron chi connectivity index (χ0n) is 11.6. The van der Waals surface area contributed by atoms with Crippen LogP contribution in [0.15, 0.2) is 30.9 Å². The van der Waals surface area contributed by atoms with Gasteiger partial charge in [0.25, 0.3) is 5.91 Å². The topological polar surface area (TPSA) is 76.7 Å². The van der Waals surface area contributed by atoms with Crippen molar-refractivity contribution < 1.29 is 19.1 Å². The van der Waals surface area contributed by atoms with E-state index in [2.05, 4.69) is 17.2 Å². The van der Waals surface area contributed by atoms with Crippen LogP contribution >= 0.6 is 0 Å². The van der Waals surface area contributed by atoms with Crippen LogP contribution in [0.4, 0.5) is 0 Å². The van der Waals surface area contributed by atoms with E-state index in [1.54, 1.807) is 24.3 Å². The van der Waals surface area contributed by atoms with Gasteiger partial charge in [0.2, 0.25) is 5.91 Å². The molecule has 0 aliphatic carbocycles. The van der Waals surface area contributed by atoms with Crippen molar-refractivity contribution in [3.8, 4) is 11.5 Å². The number of nitrogens with one attached hydrogen (secondary N) is 2. The number of hydrogen-bond acceptors (Lipinski definition) is 4. The first-order valence-electron chi connectivity index (χ1n) is 5.99. The molecule has 0 aliphatic heterocycles. The molecule has 0 saturated heterocycles. The molecule has 1 aromatic carbocycles. The molecule has 0 unspecified atom stereocenters. The predicted molar refractivity (Wildman–Crippen MR) is 75.1 cm³/mol. The first-order chi connectivity index (χ1) is 9.60. The summed E-state index contributed by atoms with van der Waals surface area (Å²) >= 11 is 0. The average molecular weight is 278 g/mol. The first kappa shape index (κ1) is 15.6. The maximum atomic E-state index is 11.9. The van der Waals surface area contributed by atoms with Gasteiger partial charge in [-0.25, -0.2) is 0 Å². The van der Waals surface area contributed by atoms with Crippen molar-refractivity contribution in [2.45, 2.75) is 0 Å². The van der Waals surface area contributed by atoms with Crippen LogP contribution in [0.2, 0.25) is 0 Å². The van der Waals surface area contributed by atoms with Gasteiger partial charge in [0.1, 0.15) is 11.5 Å². The number of amides is 2. The first-order valence-corrected chi connectivity index (χ1v) is 5.99. The summed E-state index contributed by atoms with van der Waals surface area (Å²) in [6, 6.07) is 4.80. The zero-order chi connectivity index (χ0) is 15.0. The van der Waals surface area contributed by atoms with Crippen LogP contribution in [0.5, 0.6) is 11.5 Å². The molecule has 6 nitrogen and oxygen atoms in total. The molecule has 0 spiro atoms. The minimum Gasteiger partial charge on any atom is -0.497 e. The zero-order valence-corrected chi connectivity index (χ0v) is 11.6. The Morgan fingerprint density at radius 1 is 1.15 bits per heavy atom. The largest absolute Gasteiger partial charge is 0.497 e. The summed E-state index contributed by atoms with van der Waals surface area (Å²) < 4.78 is 10.2. The van der Waals surface area contributed by atoms with Crippen molar-refractivity contribution in [1.82, 2.24) is 10.6 Å². The highest BCUT2D eigenvalue weighted by atomic mass is 16.5. The third kappa shape index (κ3) is 4.64. The van der Waals surface area contributed by atoms with Crippen molar-refractivity contribution in [1.29, 1.82) is 0 Å². The summed E-state index contributed by atoms with van der Waals surface area (Å²) in [4.78, 5) is 23.3. The van der Waals surface area contributed by atoms with Gasteiger partial charge in [-0.05, 0) is 12.1 Å². The van der Waals surface area contributed by atoms with Gasteiger partial charge in [-0.2, -0.15) is 0 Å². The van der Waals surface area contributed by atoms with Gasteiger partial charge in [0, 0.05) is 18.2 Å². The highest BCUT2D eigenvalue weighted by Crippen LogP contribution is 2.22. The Hall–Kier alpha value is -2.50. The van der Waals surface area contributed by atoms with Crippen LogP contribution in [0.1, 0.15) is 10.4 Å². The van der Waals surface area contributed by atoms with E-state index in [1.807, 2.05) is 0 Å². The van der Waals surface area contributed by atoms with E-state index in [9.17, 15) is 9.59 Å². The lowest BCUT2D eigenvalue weighted by Gasteiger charge is -2.09. The van der Waals surface area contributed by atoms with E-state index in [0.29, 0.717) is 23.6 Å². The molecule has 0 aromatic heterocycles. The van der Waals surface area contributed by atoms with E-state index >= 15 is 0 Å². The lowest BCUT2D eigenvalue weighted by molar-refractivity contribution is -0.119. The van der Waals surface area contributed by atoms with Crippen LogP contribution in [-0.2, 0) is 4.79 Å². The van der Waals surface area contributed by atoms with E-state index in [0.717, 1.165) is 0 Å². The molecule has 0 aliphatic rings. The Morgan fingerprint density at radius 3 is 2.25 bits per heavy atom. The van der Waals surface area contributed by atoms with Crippen LogP contribution in [0, 0.1) is 0 Å². The molecule has 0 radical (unpaired) electrons. The molecule has 2 N–H and O–H groups in total. The minimum atomic E-state index is -0.379. The fourth-order valence-electron chi connectivity index (χ4n) is 1.45. The second-order valence-electron chi connectivity index (χ2n) is 3.88. The molecule has 108 valence electrons. The molecule has 0 fully saturated rings. The summed E-state index contributed by atoms with van der Waals surface area (Å²) in [5.41, 5.74) is 0.359. The number of carbonyl (C=O) groups excluding carboxylic acids is 2. The summed E-state index contributed by atoms with van der Waals surface area (Å²) in [6.07, 6.45) is 1.56. The normalized spacial score (nSPS) is 9.50. The maximum Gasteiger partial charge on any atom is 0.251 e. The summed E-state index contributed by atoms with van der Waals surface area (Å²) in [5, 5.41) is 5.08. The second kappa shape index (κ2) is 7.83. The van der Waals surface area contributed by atoms with Crippen molar-refractivity contribution in [2.24, 2.45) is 0 Å². The summed E-state index contributed by atoms with van der Waals surface area (Å²) in [6.45, 7) is 3.74. The van der Waals surface area contributed by atoms with Gasteiger partial charge >= 0.3 is 0 Å². The van der Waals surface area contributed by atoms with Gasteiger partial charge in [0.15, 0.2) is 0 Å². The molecule has 0 heterocycles. The van der Waals surface area contributed by atoms with Gasteiger partial charge in [-0.15, -0.1) is 6.58 Å². The van der Waals surface area contributed by atoms with Gasteiger partial charge in [-0.1, -0.05) is 6.08 Å². The molecule has 0 bridgehead atoms. The number of carbonyl (C=O) groups is 2. The third-order valence-electron chi connectivity index (χ3n) is 2.47. The number of hydrogen-bond donors (Lipinski definition) is 2. The van der Waals surface area contributed by atoms with E-state index < -0.39 is 0 Å². The van der Waals surface area contributed by atoms with Crippen LogP contribution < -0.4 is 20.1 Å². The monoisotopic (exact) mass is 278 g/mol. The minimum absolute atomic E-state index is 0.105. The third-order valence-corrected chi connectivity index (χ3v) is 2.47. The van der Waals surface area contributed by atoms with Crippen molar-refractivity contribution in [3.63, 3.8) is 0 Å². The summed E-state index contributed by atoms with van der Waals surface area (Å²) in [7, 11) is 3.00. The quantitative estimate of drug-likeness (QED) is 0.721. The predicted octanol–water partition coefficient (Wildman–Crippen LogP) is 0.736. The van der Waals surface area contributed by atoms with E-state index in [-0.39, 0.29) is 18.4 Å². The van der Waals surface area contributed by atoms with Gasteiger partial charge < -0.3 is 20.1 Å². The fraction of sp³-hybridized carbons (Fsp3) is 0.286. The Kier molecular flexibility index (Phi) is 6.09. The molecule has 0 saturated carbocycles. The Balaban J connectivity index is 2.67. The molecule has 1 aromatic rings. The van der Waals surface area contributed by atoms with Crippen LogP contribution in [0.3, 0.4) is 0 Å². The molecule has 6 heteroatoms. The average Bonchev–Trinajstić information content (AvgIpc) is 2.49. The fourth-order valence-corrected chi connectivity index (χ4v) is 1.45. The second-order valence-corrected chi connectivity index (χ2v) is 3.88. The number of methoxy groups -OCH3 is 2. The molecule has 20 heavy (non-hydrogen) atoms.